The van der Waals surface area contributed by atoms with Crippen molar-refractivity contribution in [2.24, 2.45) is 0 Å². The van der Waals surface area contributed by atoms with E-state index in [2.05, 4.69) is 0 Å². The van der Waals surface area contributed by atoms with Crippen molar-refractivity contribution in [1.29, 1.82) is 0 Å². The number of ether oxygens (including phenoxy) is 2. The summed E-state index contributed by atoms with van der Waals surface area (Å²) in [5, 5.41) is 9.59. The lowest BCUT2D eigenvalue weighted by Gasteiger charge is -2.26. The van der Waals surface area contributed by atoms with Crippen molar-refractivity contribution in [3.05, 3.63) is 0 Å². The normalized spacial score (nSPS) is 33.6. The molecule has 1 saturated carbocycles. The van der Waals surface area contributed by atoms with Gasteiger partial charge in [0.2, 0.25) is 0 Å². The Hall–Kier alpha value is -0.120. The maximum atomic E-state index is 9.59. The van der Waals surface area contributed by atoms with Crippen LogP contribution in [0.1, 0.15) is 44.9 Å². The molecule has 2 fully saturated rings. The van der Waals surface area contributed by atoms with Crippen molar-refractivity contribution in [2.45, 2.75) is 56.8 Å². The van der Waals surface area contributed by atoms with Crippen LogP contribution in [0.3, 0.4) is 0 Å². The minimum atomic E-state index is -0.288. The number of aliphatic hydroxyl groups excluding tert-OH is 1. The highest BCUT2D eigenvalue weighted by atomic mass is 16.7. The molecule has 0 bridgehead atoms. The molecular formula is C11H20O3. The largest absolute Gasteiger partial charge is 0.393 e. The fraction of sp³-hybridized carbons (Fsp3) is 1.00. The van der Waals surface area contributed by atoms with Gasteiger partial charge in [0.25, 0.3) is 0 Å². The van der Waals surface area contributed by atoms with E-state index in [1.807, 2.05) is 0 Å². The first-order chi connectivity index (χ1) is 6.81. The van der Waals surface area contributed by atoms with Gasteiger partial charge in [-0.1, -0.05) is 6.42 Å². The van der Waals surface area contributed by atoms with Gasteiger partial charge < -0.3 is 14.6 Å². The quantitative estimate of drug-likeness (QED) is 0.648. The molecule has 1 atom stereocenters. The molecule has 1 N–H and O–H groups in total. The predicted molar refractivity (Wildman–Crippen MR) is 53.0 cm³/mol. The second-order valence-electron chi connectivity index (χ2n) is 4.40. The lowest BCUT2D eigenvalue weighted by atomic mass is 10.0. The Labute approximate surface area is 85.4 Å². The van der Waals surface area contributed by atoms with E-state index in [0.717, 1.165) is 58.2 Å². The summed E-state index contributed by atoms with van der Waals surface area (Å²) in [5.74, 6) is -0.288. The van der Waals surface area contributed by atoms with Gasteiger partial charge in [0.15, 0.2) is 5.79 Å². The summed E-state index contributed by atoms with van der Waals surface area (Å²) < 4.78 is 11.4. The van der Waals surface area contributed by atoms with E-state index >= 15 is 0 Å². The van der Waals surface area contributed by atoms with Crippen LogP contribution in [-0.2, 0) is 9.47 Å². The van der Waals surface area contributed by atoms with E-state index in [4.69, 9.17) is 9.47 Å². The summed E-state index contributed by atoms with van der Waals surface area (Å²) in [5.41, 5.74) is 0. The molecule has 0 aromatic rings. The Kier molecular flexibility index (Phi) is 3.42. The summed E-state index contributed by atoms with van der Waals surface area (Å²) in [4.78, 5) is 0. The standard InChI is InChI=1S/C11H20O3/c12-10-4-1-2-6-11(7-3-5-10)13-8-9-14-11/h10,12H,1-9H2. The minimum absolute atomic E-state index is 0.105. The van der Waals surface area contributed by atoms with Gasteiger partial charge in [-0.05, 0) is 25.7 Å². The number of rotatable bonds is 0. The van der Waals surface area contributed by atoms with Crippen LogP contribution in [0.15, 0.2) is 0 Å². The van der Waals surface area contributed by atoms with Crippen molar-refractivity contribution >= 4 is 0 Å². The molecule has 1 aliphatic heterocycles. The first-order valence-electron chi connectivity index (χ1n) is 5.77. The molecule has 1 unspecified atom stereocenters. The smallest absolute Gasteiger partial charge is 0.168 e. The molecule has 0 radical (unpaired) electrons. The molecule has 2 aliphatic rings. The van der Waals surface area contributed by atoms with Crippen molar-refractivity contribution in [2.75, 3.05) is 13.2 Å². The van der Waals surface area contributed by atoms with Crippen molar-refractivity contribution < 1.29 is 14.6 Å². The van der Waals surface area contributed by atoms with Crippen LogP contribution in [0.25, 0.3) is 0 Å². The summed E-state index contributed by atoms with van der Waals surface area (Å²) in [6.07, 6.45) is 6.90. The maximum Gasteiger partial charge on any atom is 0.168 e. The first-order valence-corrected chi connectivity index (χ1v) is 5.77. The lowest BCUT2D eigenvalue weighted by Crippen LogP contribution is -2.29. The zero-order valence-corrected chi connectivity index (χ0v) is 8.71. The predicted octanol–water partition coefficient (Wildman–Crippen LogP) is 1.83. The molecule has 1 spiro atoms. The summed E-state index contributed by atoms with van der Waals surface area (Å²) in [7, 11) is 0. The first kappa shape index (κ1) is 10.4. The van der Waals surface area contributed by atoms with E-state index in [-0.39, 0.29) is 11.9 Å². The van der Waals surface area contributed by atoms with Crippen LogP contribution in [-0.4, -0.2) is 30.2 Å². The van der Waals surface area contributed by atoms with E-state index < -0.39 is 0 Å². The van der Waals surface area contributed by atoms with E-state index in [1.54, 1.807) is 0 Å². The average Bonchev–Trinajstić information content (AvgIpc) is 2.64. The molecule has 14 heavy (non-hydrogen) atoms. The van der Waals surface area contributed by atoms with Crippen molar-refractivity contribution in [3.8, 4) is 0 Å². The Bertz CT molecular complexity index is 175. The number of hydrogen-bond donors (Lipinski definition) is 1. The molecule has 1 saturated heterocycles. The van der Waals surface area contributed by atoms with Crippen molar-refractivity contribution in [1.82, 2.24) is 0 Å². The SMILES string of the molecule is OC1CCCCC2(CCC1)OCCO2. The average molecular weight is 200 g/mol. The molecule has 1 heterocycles. The van der Waals surface area contributed by atoms with Gasteiger partial charge in [-0.3, -0.25) is 0 Å². The molecule has 0 aromatic carbocycles. The van der Waals surface area contributed by atoms with Crippen LogP contribution in [0, 0.1) is 0 Å². The number of aliphatic hydroxyl groups is 1. The second-order valence-corrected chi connectivity index (χ2v) is 4.40. The van der Waals surface area contributed by atoms with Crippen LogP contribution in [0.5, 0.6) is 0 Å². The Morgan fingerprint density at radius 2 is 1.57 bits per heavy atom. The Balaban J connectivity index is 1.91. The highest BCUT2D eigenvalue weighted by Crippen LogP contribution is 2.33. The topological polar surface area (TPSA) is 38.7 Å². The van der Waals surface area contributed by atoms with E-state index in [9.17, 15) is 5.11 Å². The van der Waals surface area contributed by atoms with Crippen LogP contribution in [0.2, 0.25) is 0 Å². The van der Waals surface area contributed by atoms with E-state index in [0.29, 0.717) is 0 Å². The second kappa shape index (κ2) is 4.60. The Morgan fingerprint density at radius 1 is 0.929 bits per heavy atom. The number of hydrogen-bond acceptors (Lipinski definition) is 3. The van der Waals surface area contributed by atoms with Gasteiger partial charge in [0.1, 0.15) is 0 Å². The van der Waals surface area contributed by atoms with Crippen molar-refractivity contribution in [3.63, 3.8) is 0 Å². The lowest BCUT2D eigenvalue weighted by molar-refractivity contribution is -0.168. The van der Waals surface area contributed by atoms with Crippen LogP contribution < -0.4 is 0 Å². The fourth-order valence-electron chi connectivity index (χ4n) is 2.44. The molecule has 2 rings (SSSR count). The summed E-state index contributed by atoms with van der Waals surface area (Å²) in [6, 6.07) is 0. The maximum absolute atomic E-state index is 9.59. The molecule has 3 nitrogen and oxygen atoms in total. The molecule has 3 heteroatoms. The third-order valence-corrected chi connectivity index (χ3v) is 3.25. The highest BCUT2D eigenvalue weighted by molar-refractivity contribution is 4.77. The van der Waals surface area contributed by atoms with Gasteiger partial charge in [-0.15, -0.1) is 0 Å². The van der Waals surface area contributed by atoms with Gasteiger partial charge in [-0.2, -0.15) is 0 Å². The van der Waals surface area contributed by atoms with E-state index in [1.165, 1.54) is 0 Å². The Morgan fingerprint density at radius 3 is 2.36 bits per heavy atom. The zero-order valence-electron chi connectivity index (χ0n) is 8.71. The third kappa shape index (κ3) is 2.47. The molecule has 0 aromatic heterocycles. The summed E-state index contributed by atoms with van der Waals surface area (Å²) >= 11 is 0. The molecule has 0 amide bonds. The third-order valence-electron chi connectivity index (χ3n) is 3.25. The summed E-state index contributed by atoms with van der Waals surface area (Å²) in [6.45, 7) is 1.48. The van der Waals surface area contributed by atoms with Gasteiger partial charge >= 0.3 is 0 Å². The zero-order chi connectivity index (χ0) is 9.86. The minimum Gasteiger partial charge on any atom is -0.393 e. The van der Waals surface area contributed by atoms with Gasteiger partial charge in [0.05, 0.1) is 19.3 Å². The van der Waals surface area contributed by atoms with Crippen LogP contribution >= 0.6 is 0 Å². The van der Waals surface area contributed by atoms with Gasteiger partial charge in [0, 0.05) is 12.8 Å². The fourth-order valence-corrected chi connectivity index (χ4v) is 2.44. The molecule has 82 valence electrons. The van der Waals surface area contributed by atoms with Crippen LogP contribution in [0.4, 0.5) is 0 Å². The monoisotopic (exact) mass is 200 g/mol. The van der Waals surface area contributed by atoms with Gasteiger partial charge in [-0.25, -0.2) is 0 Å². The highest BCUT2D eigenvalue weighted by Gasteiger charge is 2.35. The molecule has 1 aliphatic carbocycles. The molecular weight excluding hydrogens is 180 g/mol.